The SMILES string of the molecule is C1CC23CNCC2(C1)C3.C1CC2CC1CN2.C1CC2CC1CN2.C1CC2CCC(C1)N2.C1CC2CCC1N2.C1CC2CCCC(C1)N2.C1CC2CNCC1N2.C1CC2CNCC1N2.C1CC2CNCC2C1. The lowest BCUT2D eigenvalue weighted by molar-refractivity contribution is 0.243. The van der Waals surface area contributed by atoms with Crippen molar-refractivity contribution in [2.45, 2.75) is 278 Å². The largest absolute Gasteiger partial charge is 0.316 e. The van der Waals surface area contributed by atoms with Crippen LogP contribution in [0.3, 0.4) is 0 Å². The van der Waals surface area contributed by atoms with Crippen molar-refractivity contribution in [2.75, 3.05) is 65.4 Å². The number of hydrogen-bond donors (Lipinski definition) is 11. The van der Waals surface area contributed by atoms with Gasteiger partial charge < -0.3 is 58.5 Å². The Bertz CT molecular complexity index is 1300. The molecule has 19 aliphatic rings. The molecule has 14 heterocycles. The summed E-state index contributed by atoms with van der Waals surface area (Å²) < 4.78 is 0. The number of piperazine rings is 2. The van der Waals surface area contributed by atoms with E-state index in [1.54, 1.807) is 6.42 Å². The van der Waals surface area contributed by atoms with E-state index in [2.05, 4.69) is 58.5 Å². The minimum absolute atomic E-state index is 0.800. The summed E-state index contributed by atoms with van der Waals surface area (Å²) in [7, 11) is 0. The minimum Gasteiger partial charge on any atom is -0.316 e. The third-order valence-electron chi connectivity index (χ3n) is 22.6. The van der Waals surface area contributed by atoms with Gasteiger partial charge in [0.1, 0.15) is 0 Å². The summed E-state index contributed by atoms with van der Waals surface area (Å²) >= 11 is 0. The van der Waals surface area contributed by atoms with Crippen molar-refractivity contribution in [2.24, 2.45) is 34.5 Å². The lowest BCUT2D eigenvalue weighted by atomic mass is 9.87. The Morgan fingerprint density at radius 2 is 0.577 bits per heavy atom. The van der Waals surface area contributed by atoms with Gasteiger partial charge in [-0.05, 0) is 234 Å². The third-order valence-corrected chi connectivity index (χ3v) is 22.6. The predicted octanol–water partition coefficient (Wildman–Crippen LogP) is 6.97. The van der Waals surface area contributed by atoms with Crippen LogP contribution in [0, 0.1) is 34.5 Å². The lowest BCUT2D eigenvalue weighted by Gasteiger charge is -2.35. The fourth-order valence-electron chi connectivity index (χ4n) is 18.2. The van der Waals surface area contributed by atoms with E-state index in [0.29, 0.717) is 0 Å². The standard InChI is InChI=1S/C8H13N.C8H15N.2C7H13N.2C6H12N2.3C6H11N/c1-2-7-4-8(7,3-1)6-9-5-7;1-3-7-5-2-6-8(4-1)9-7;1-2-6-4-8-5-7(6)3-1;1-2-6-4-5-7(3-1)8-6;2*1-2-6-4-7-3-5(1)8-6;2*1-2-6-3-5(1)4-7-6;1-2-6-4-3-5(1)7-6/h9H,1-6H2;7-9H,1-6H2;2*6-8H,1-5H2;2*5-8H,1-4H2;3*5-7H,1-4H2. The second kappa shape index (κ2) is 25.8. The lowest BCUT2D eigenvalue weighted by Crippen LogP contribution is -2.48. The molecule has 71 heavy (non-hydrogen) atoms. The smallest absolute Gasteiger partial charge is 0.0196 e. The molecule has 0 amide bonds. The highest BCUT2D eigenvalue weighted by atomic mass is 15.1. The van der Waals surface area contributed by atoms with Crippen molar-refractivity contribution in [3.8, 4) is 0 Å². The summed E-state index contributed by atoms with van der Waals surface area (Å²) in [5.41, 5.74) is 1.68. The van der Waals surface area contributed by atoms with Crippen LogP contribution in [0.2, 0.25) is 0 Å². The quantitative estimate of drug-likeness (QED) is 0.123. The molecule has 406 valence electrons. The van der Waals surface area contributed by atoms with Gasteiger partial charge in [0.2, 0.25) is 0 Å². The highest BCUT2D eigenvalue weighted by Crippen LogP contribution is 2.75. The van der Waals surface area contributed by atoms with Crippen LogP contribution in [-0.4, -0.2) is 138 Å². The highest BCUT2D eigenvalue weighted by molar-refractivity contribution is 5.23. The van der Waals surface area contributed by atoms with E-state index in [0.717, 1.165) is 107 Å². The van der Waals surface area contributed by atoms with Gasteiger partial charge in [-0.25, -0.2) is 0 Å². The molecule has 5 saturated carbocycles. The van der Waals surface area contributed by atoms with E-state index in [1.807, 2.05) is 0 Å². The van der Waals surface area contributed by atoms with Gasteiger partial charge in [-0.15, -0.1) is 0 Å². The second-order valence-corrected chi connectivity index (χ2v) is 27.7. The van der Waals surface area contributed by atoms with E-state index in [1.165, 1.54) is 264 Å². The maximum absolute atomic E-state index is 3.65. The summed E-state index contributed by atoms with van der Waals surface area (Å²) in [6.45, 7) is 12.7. The zero-order chi connectivity index (χ0) is 47.7. The van der Waals surface area contributed by atoms with Gasteiger partial charge in [0.05, 0.1) is 0 Å². The van der Waals surface area contributed by atoms with Crippen LogP contribution in [0.15, 0.2) is 0 Å². The monoisotopic (exact) mass is 986 g/mol. The molecule has 14 saturated heterocycles. The van der Waals surface area contributed by atoms with Gasteiger partial charge in [0.25, 0.3) is 0 Å². The number of piperidine rings is 6. The second-order valence-electron chi connectivity index (χ2n) is 27.7. The van der Waals surface area contributed by atoms with Crippen LogP contribution in [0.4, 0.5) is 0 Å². The normalized spacial score (nSPS) is 47.7. The zero-order valence-electron chi connectivity index (χ0n) is 45.4. The van der Waals surface area contributed by atoms with E-state index < -0.39 is 0 Å². The van der Waals surface area contributed by atoms with Crippen molar-refractivity contribution in [3.63, 3.8) is 0 Å². The molecule has 19 rings (SSSR count). The average molecular weight is 987 g/mol. The predicted molar refractivity (Wildman–Crippen MR) is 295 cm³/mol. The molecule has 14 unspecified atom stereocenters. The van der Waals surface area contributed by atoms with Crippen LogP contribution in [0.25, 0.3) is 0 Å². The molecule has 11 nitrogen and oxygen atoms in total. The first kappa shape index (κ1) is 52.6. The molecule has 0 spiro atoms. The maximum atomic E-state index is 3.65. The van der Waals surface area contributed by atoms with E-state index >= 15 is 0 Å². The van der Waals surface area contributed by atoms with Crippen LogP contribution < -0.4 is 58.5 Å². The van der Waals surface area contributed by atoms with Gasteiger partial charge in [0, 0.05) is 112 Å². The van der Waals surface area contributed by atoms with Crippen molar-refractivity contribution < 1.29 is 0 Å². The van der Waals surface area contributed by atoms with Crippen molar-refractivity contribution >= 4 is 0 Å². The molecule has 0 radical (unpaired) electrons. The van der Waals surface area contributed by atoms with E-state index in [9.17, 15) is 0 Å². The Morgan fingerprint density at radius 1 is 0.254 bits per heavy atom. The van der Waals surface area contributed by atoms with Crippen LogP contribution in [0.5, 0.6) is 0 Å². The Hall–Kier alpha value is -0.440. The fraction of sp³-hybridized carbons (Fsp3) is 1.00. The minimum atomic E-state index is 0.800. The summed E-state index contributed by atoms with van der Waals surface area (Å²) in [5.74, 6) is 4.25. The summed E-state index contributed by atoms with van der Waals surface area (Å²) in [6.07, 6.45) is 46.8. The first-order chi connectivity index (χ1) is 35.0. The molecule has 14 bridgehead atoms. The summed E-state index contributed by atoms with van der Waals surface area (Å²) in [6, 6.07) is 10.5. The number of rotatable bonds is 0. The van der Waals surface area contributed by atoms with Crippen LogP contribution in [0.1, 0.15) is 205 Å². The molecule has 0 aromatic carbocycles. The molecular weight excluding hydrogens is 875 g/mol. The fourth-order valence-corrected chi connectivity index (χ4v) is 18.2. The first-order valence-corrected chi connectivity index (χ1v) is 32.1. The Morgan fingerprint density at radius 3 is 0.859 bits per heavy atom. The molecule has 19 fully saturated rings. The zero-order valence-corrected chi connectivity index (χ0v) is 45.4. The maximum Gasteiger partial charge on any atom is 0.0196 e. The number of fused-ring (bicyclic) bond motifs is 15. The first-order valence-electron chi connectivity index (χ1n) is 32.1. The Labute approximate surface area is 434 Å². The van der Waals surface area contributed by atoms with Gasteiger partial charge in [0.15, 0.2) is 0 Å². The molecule has 14 atom stereocenters. The highest BCUT2D eigenvalue weighted by Gasteiger charge is 2.71. The Kier molecular flexibility index (Phi) is 19.1. The third kappa shape index (κ3) is 14.6. The molecule has 11 heteroatoms. The van der Waals surface area contributed by atoms with Gasteiger partial charge >= 0.3 is 0 Å². The van der Waals surface area contributed by atoms with Gasteiger partial charge in [-0.2, -0.15) is 0 Å². The molecular formula is C60H111N11. The van der Waals surface area contributed by atoms with Gasteiger partial charge in [-0.3, -0.25) is 0 Å². The van der Waals surface area contributed by atoms with E-state index in [-0.39, 0.29) is 0 Å². The Balaban J connectivity index is 0.0000000867. The van der Waals surface area contributed by atoms with E-state index in [4.69, 9.17) is 0 Å². The molecule has 5 aliphatic carbocycles. The van der Waals surface area contributed by atoms with Gasteiger partial charge in [-0.1, -0.05) is 32.1 Å². The van der Waals surface area contributed by atoms with Crippen molar-refractivity contribution in [3.05, 3.63) is 0 Å². The van der Waals surface area contributed by atoms with Crippen molar-refractivity contribution in [1.82, 2.24) is 58.5 Å². The van der Waals surface area contributed by atoms with Crippen LogP contribution >= 0.6 is 0 Å². The van der Waals surface area contributed by atoms with Crippen LogP contribution in [-0.2, 0) is 0 Å². The average Bonchev–Trinajstić information content (AvgIpc) is 4.26. The molecule has 11 N–H and O–H groups in total. The molecule has 0 aromatic heterocycles. The summed E-state index contributed by atoms with van der Waals surface area (Å²) in [4.78, 5) is 0. The summed E-state index contributed by atoms with van der Waals surface area (Å²) in [5, 5.41) is 38.4. The molecule has 14 aliphatic heterocycles. The topological polar surface area (TPSA) is 132 Å². The van der Waals surface area contributed by atoms with Crippen molar-refractivity contribution in [1.29, 1.82) is 0 Å². The number of nitrogens with one attached hydrogen (secondary N) is 11. The molecule has 0 aromatic rings. The number of hydrogen-bond acceptors (Lipinski definition) is 11.